The summed E-state index contributed by atoms with van der Waals surface area (Å²) in [4.78, 5) is 2.05. The number of fused-ring (bicyclic) bond motifs is 3. The van der Waals surface area contributed by atoms with E-state index in [9.17, 15) is 0 Å². The normalized spacial score (nSPS) is 47.0. The Kier molecular flexibility index (Phi) is 3.59. The molecule has 3 rings (SSSR count). The van der Waals surface area contributed by atoms with E-state index in [1.807, 2.05) is 19.0 Å². The molecule has 0 amide bonds. The Bertz CT molecular complexity index is 444. The lowest BCUT2D eigenvalue weighted by molar-refractivity contribution is 0.156. The van der Waals surface area contributed by atoms with Crippen LogP contribution in [0, 0.1) is 35.0 Å². The number of hydrogen-bond donors (Lipinski definition) is 1. The van der Waals surface area contributed by atoms with Crippen LogP contribution in [0.3, 0.4) is 0 Å². The average molecular weight is 309 g/mol. The Morgan fingerprint density at radius 3 is 2.38 bits per heavy atom. The molecule has 0 aromatic rings. The first-order chi connectivity index (χ1) is 9.68. The van der Waals surface area contributed by atoms with E-state index in [-0.39, 0.29) is 5.54 Å². The fraction of sp³-hybridized carbons (Fsp3) is 0.944. The Morgan fingerprint density at radius 1 is 1.10 bits per heavy atom. The minimum absolute atomic E-state index is 0.195. The van der Waals surface area contributed by atoms with Crippen molar-refractivity contribution in [2.24, 2.45) is 35.0 Å². The van der Waals surface area contributed by atoms with E-state index in [0.29, 0.717) is 5.41 Å². The molecule has 0 radical (unpaired) electrons. The van der Waals surface area contributed by atoms with E-state index in [1.165, 1.54) is 25.7 Å². The van der Waals surface area contributed by atoms with Crippen molar-refractivity contribution in [3.63, 3.8) is 0 Å². The SMILES string of the molecule is CC1CCC2C1C1C(CCC2(C)NC(=S)N(C)C)C1(C)C. The summed E-state index contributed by atoms with van der Waals surface area (Å²) in [5.74, 6) is 4.48. The minimum atomic E-state index is 0.195. The second-order valence-electron chi connectivity index (χ2n) is 8.97. The molecule has 3 aliphatic carbocycles. The molecule has 0 heterocycles. The number of nitrogens with zero attached hydrogens (tertiary/aromatic N) is 1. The van der Waals surface area contributed by atoms with Crippen molar-refractivity contribution >= 4 is 17.3 Å². The van der Waals surface area contributed by atoms with E-state index in [0.717, 1.165) is 34.7 Å². The molecule has 0 saturated heterocycles. The van der Waals surface area contributed by atoms with Crippen LogP contribution in [0.4, 0.5) is 0 Å². The molecule has 21 heavy (non-hydrogen) atoms. The van der Waals surface area contributed by atoms with Gasteiger partial charge in [0.25, 0.3) is 0 Å². The van der Waals surface area contributed by atoms with Crippen LogP contribution in [-0.2, 0) is 0 Å². The summed E-state index contributed by atoms with van der Waals surface area (Å²) in [5.41, 5.74) is 0.783. The quantitative estimate of drug-likeness (QED) is 0.739. The van der Waals surface area contributed by atoms with Gasteiger partial charge in [0, 0.05) is 19.6 Å². The summed E-state index contributed by atoms with van der Waals surface area (Å²) in [6, 6.07) is 0. The first-order valence-electron chi connectivity index (χ1n) is 8.68. The maximum absolute atomic E-state index is 5.56. The highest BCUT2D eigenvalue weighted by molar-refractivity contribution is 7.80. The van der Waals surface area contributed by atoms with Gasteiger partial charge in [0.1, 0.15) is 0 Å². The molecular formula is C18H32N2S. The summed E-state index contributed by atoms with van der Waals surface area (Å²) >= 11 is 5.56. The topological polar surface area (TPSA) is 15.3 Å². The number of nitrogens with one attached hydrogen (secondary N) is 1. The van der Waals surface area contributed by atoms with Crippen LogP contribution < -0.4 is 5.32 Å². The summed E-state index contributed by atoms with van der Waals surface area (Å²) < 4.78 is 0. The summed E-state index contributed by atoms with van der Waals surface area (Å²) in [6.45, 7) is 9.94. The van der Waals surface area contributed by atoms with E-state index in [2.05, 4.69) is 33.0 Å². The third-order valence-corrected chi connectivity index (χ3v) is 7.67. The lowest BCUT2D eigenvalue weighted by atomic mass is 9.72. The second kappa shape index (κ2) is 4.84. The van der Waals surface area contributed by atoms with Crippen molar-refractivity contribution in [1.82, 2.24) is 10.2 Å². The van der Waals surface area contributed by atoms with Gasteiger partial charge < -0.3 is 10.2 Å². The highest BCUT2D eigenvalue weighted by Crippen LogP contribution is 2.71. The predicted molar refractivity (Wildman–Crippen MR) is 93.2 cm³/mol. The van der Waals surface area contributed by atoms with Gasteiger partial charge in [-0.2, -0.15) is 0 Å². The van der Waals surface area contributed by atoms with Crippen LogP contribution in [0.25, 0.3) is 0 Å². The zero-order valence-electron chi connectivity index (χ0n) is 14.6. The Morgan fingerprint density at radius 2 is 1.76 bits per heavy atom. The molecule has 1 N–H and O–H groups in total. The Hall–Kier alpha value is -0.310. The smallest absolute Gasteiger partial charge is 0.168 e. The summed E-state index contributed by atoms with van der Waals surface area (Å²) in [7, 11) is 4.09. The van der Waals surface area contributed by atoms with Gasteiger partial charge in [-0.25, -0.2) is 0 Å². The minimum Gasteiger partial charge on any atom is -0.357 e. The molecule has 120 valence electrons. The lowest BCUT2D eigenvalue weighted by Crippen LogP contribution is -2.55. The molecule has 3 aliphatic rings. The fourth-order valence-corrected chi connectivity index (χ4v) is 6.06. The van der Waals surface area contributed by atoms with Gasteiger partial charge in [0.2, 0.25) is 0 Å². The molecule has 2 nitrogen and oxygen atoms in total. The van der Waals surface area contributed by atoms with Gasteiger partial charge >= 0.3 is 0 Å². The van der Waals surface area contributed by atoms with E-state index >= 15 is 0 Å². The fourth-order valence-electron chi connectivity index (χ4n) is 5.83. The molecular weight excluding hydrogens is 276 g/mol. The van der Waals surface area contributed by atoms with Crippen molar-refractivity contribution in [2.75, 3.05) is 14.1 Å². The largest absolute Gasteiger partial charge is 0.357 e. The molecule has 0 aliphatic heterocycles. The van der Waals surface area contributed by atoms with Gasteiger partial charge in [-0.1, -0.05) is 27.2 Å². The highest BCUT2D eigenvalue weighted by atomic mass is 32.1. The molecule has 3 saturated carbocycles. The van der Waals surface area contributed by atoms with Gasteiger partial charge in [0.05, 0.1) is 0 Å². The van der Waals surface area contributed by atoms with Crippen LogP contribution in [0.15, 0.2) is 0 Å². The maximum Gasteiger partial charge on any atom is 0.168 e. The third-order valence-electron chi connectivity index (χ3n) is 7.20. The monoisotopic (exact) mass is 308 g/mol. The van der Waals surface area contributed by atoms with Crippen molar-refractivity contribution < 1.29 is 0 Å². The highest BCUT2D eigenvalue weighted by Gasteiger charge is 2.66. The van der Waals surface area contributed by atoms with Crippen LogP contribution in [0.5, 0.6) is 0 Å². The maximum atomic E-state index is 5.56. The van der Waals surface area contributed by atoms with Crippen molar-refractivity contribution in [2.45, 2.75) is 58.9 Å². The standard InChI is InChI=1S/C18H32N2S/c1-11-7-8-12-14(11)15-13(17(15,2)3)9-10-18(12,4)19-16(21)20(5)6/h11-15H,7-10H2,1-6H3,(H,19,21). The summed E-state index contributed by atoms with van der Waals surface area (Å²) in [5, 5.41) is 4.66. The van der Waals surface area contributed by atoms with Gasteiger partial charge in [-0.05, 0) is 73.4 Å². The molecule has 6 atom stereocenters. The van der Waals surface area contributed by atoms with Gasteiger partial charge in [0.15, 0.2) is 5.11 Å². The van der Waals surface area contributed by atoms with E-state index < -0.39 is 0 Å². The zero-order chi connectivity index (χ0) is 15.6. The molecule has 3 heteroatoms. The van der Waals surface area contributed by atoms with E-state index in [1.54, 1.807) is 0 Å². The Labute approximate surface area is 136 Å². The third kappa shape index (κ3) is 2.31. The van der Waals surface area contributed by atoms with E-state index in [4.69, 9.17) is 12.2 Å². The number of hydrogen-bond acceptors (Lipinski definition) is 1. The number of thiocarbonyl (C=S) groups is 1. The second-order valence-corrected chi connectivity index (χ2v) is 9.36. The molecule has 3 fully saturated rings. The van der Waals surface area contributed by atoms with Crippen LogP contribution in [0.2, 0.25) is 0 Å². The molecule has 6 unspecified atom stereocenters. The molecule has 0 bridgehead atoms. The molecule has 0 aromatic heterocycles. The van der Waals surface area contributed by atoms with Crippen molar-refractivity contribution in [3.8, 4) is 0 Å². The predicted octanol–water partition coefficient (Wildman–Crippen LogP) is 3.91. The summed E-state index contributed by atoms with van der Waals surface area (Å²) in [6.07, 6.45) is 5.43. The zero-order valence-corrected chi connectivity index (χ0v) is 15.4. The van der Waals surface area contributed by atoms with Crippen molar-refractivity contribution in [1.29, 1.82) is 0 Å². The van der Waals surface area contributed by atoms with Crippen molar-refractivity contribution in [3.05, 3.63) is 0 Å². The first kappa shape index (κ1) is 15.6. The van der Waals surface area contributed by atoms with Gasteiger partial charge in [-0.3, -0.25) is 0 Å². The number of rotatable bonds is 1. The lowest BCUT2D eigenvalue weighted by Gasteiger charge is -2.42. The van der Waals surface area contributed by atoms with Crippen LogP contribution in [-0.4, -0.2) is 29.6 Å². The van der Waals surface area contributed by atoms with Crippen LogP contribution in [0.1, 0.15) is 53.4 Å². The van der Waals surface area contributed by atoms with Gasteiger partial charge in [-0.15, -0.1) is 0 Å². The average Bonchev–Trinajstić information content (AvgIpc) is 2.74. The first-order valence-corrected chi connectivity index (χ1v) is 9.09. The van der Waals surface area contributed by atoms with Crippen LogP contribution >= 0.6 is 12.2 Å². The molecule has 0 spiro atoms. The Balaban J connectivity index is 1.86. The molecule has 0 aromatic carbocycles.